The van der Waals surface area contributed by atoms with Crippen LogP contribution in [0.5, 0.6) is 11.5 Å². The number of sulfonamides is 2. The number of piperazine rings is 1. The number of benzene rings is 2. The van der Waals surface area contributed by atoms with E-state index in [1.165, 1.54) is 32.9 Å². The van der Waals surface area contributed by atoms with E-state index >= 15 is 0 Å². The summed E-state index contributed by atoms with van der Waals surface area (Å²) in [5.41, 5.74) is 0. The van der Waals surface area contributed by atoms with Gasteiger partial charge in [0.2, 0.25) is 20.0 Å². The second-order valence-corrected chi connectivity index (χ2v) is 11.5. The molecule has 1 aliphatic rings. The molecule has 12 heteroatoms. The van der Waals surface area contributed by atoms with Crippen LogP contribution in [0.3, 0.4) is 0 Å². The Morgan fingerprint density at radius 1 is 0.719 bits per heavy atom. The molecule has 1 fully saturated rings. The quantitative estimate of drug-likeness (QED) is 0.526. The van der Waals surface area contributed by atoms with Crippen molar-refractivity contribution < 1.29 is 26.3 Å². The van der Waals surface area contributed by atoms with Gasteiger partial charge in [-0.25, -0.2) is 16.8 Å². The number of halogens is 2. The van der Waals surface area contributed by atoms with E-state index in [1.54, 1.807) is 26.0 Å². The van der Waals surface area contributed by atoms with E-state index in [0.29, 0.717) is 0 Å². The molecule has 1 heterocycles. The molecule has 176 valence electrons. The largest absolute Gasteiger partial charge is 0.492 e. The fraction of sp³-hybridized carbons (Fsp3) is 0.400. The van der Waals surface area contributed by atoms with Gasteiger partial charge in [0.25, 0.3) is 0 Å². The first kappa shape index (κ1) is 25.1. The lowest BCUT2D eigenvalue weighted by Gasteiger charge is -2.33. The number of hydrogen-bond acceptors (Lipinski definition) is 6. The van der Waals surface area contributed by atoms with Gasteiger partial charge in [-0.2, -0.15) is 8.61 Å². The SMILES string of the molecule is CCOc1ccc(Cl)cc1S(=O)(=O)N1CCN(S(=O)(=O)c2cc(Cl)ccc2OCC)CC1. The minimum Gasteiger partial charge on any atom is -0.492 e. The second kappa shape index (κ2) is 10.1. The summed E-state index contributed by atoms with van der Waals surface area (Å²) in [4.78, 5) is -0.0896. The zero-order valence-electron chi connectivity index (χ0n) is 17.6. The molecule has 0 amide bonds. The second-order valence-electron chi connectivity index (χ2n) is 6.86. The monoisotopic (exact) mass is 522 g/mol. The average Bonchev–Trinajstić information content (AvgIpc) is 2.76. The van der Waals surface area contributed by atoms with Crippen molar-refractivity contribution in [1.82, 2.24) is 8.61 Å². The van der Waals surface area contributed by atoms with Crippen LogP contribution in [0.4, 0.5) is 0 Å². The van der Waals surface area contributed by atoms with E-state index < -0.39 is 20.0 Å². The van der Waals surface area contributed by atoms with E-state index in [9.17, 15) is 16.8 Å². The van der Waals surface area contributed by atoms with Gasteiger partial charge in [-0.1, -0.05) is 23.2 Å². The van der Waals surface area contributed by atoms with Crippen LogP contribution < -0.4 is 9.47 Å². The molecule has 8 nitrogen and oxygen atoms in total. The fourth-order valence-electron chi connectivity index (χ4n) is 3.35. The van der Waals surface area contributed by atoms with E-state index in [4.69, 9.17) is 32.7 Å². The molecule has 0 bridgehead atoms. The predicted molar refractivity (Wildman–Crippen MR) is 123 cm³/mol. The zero-order chi connectivity index (χ0) is 23.5. The zero-order valence-corrected chi connectivity index (χ0v) is 20.8. The third kappa shape index (κ3) is 5.16. The average molecular weight is 523 g/mol. The summed E-state index contributed by atoms with van der Waals surface area (Å²) in [5.74, 6) is 0.402. The van der Waals surface area contributed by atoms with Crippen LogP contribution in [0.25, 0.3) is 0 Å². The summed E-state index contributed by atoms with van der Waals surface area (Å²) in [6.45, 7) is 3.99. The van der Waals surface area contributed by atoms with Crippen molar-refractivity contribution in [1.29, 1.82) is 0 Å². The Hall–Kier alpha value is -1.56. The smallest absolute Gasteiger partial charge is 0.246 e. The summed E-state index contributed by atoms with van der Waals surface area (Å²) in [6, 6.07) is 8.80. The Labute approximate surface area is 198 Å². The van der Waals surface area contributed by atoms with Gasteiger partial charge >= 0.3 is 0 Å². The lowest BCUT2D eigenvalue weighted by Crippen LogP contribution is -2.50. The number of hydrogen-bond donors (Lipinski definition) is 0. The van der Waals surface area contributed by atoms with Crippen molar-refractivity contribution in [3.63, 3.8) is 0 Å². The normalized spacial score (nSPS) is 16.1. The lowest BCUT2D eigenvalue weighted by atomic mass is 10.3. The van der Waals surface area contributed by atoms with E-state index in [2.05, 4.69) is 0 Å². The Kier molecular flexibility index (Phi) is 7.95. The molecular formula is C20H24Cl2N2O6S2. The number of nitrogens with zero attached hydrogens (tertiary/aromatic N) is 2. The molecule has 0 spiro atoms. The van der Waals surface area contributed by atoms with Gasteiger partial charge in [0.15, 0.2) is 0 Å². The summed E-state index contributed by atoms with van der Waals surface area (Å²) in [5, 5.41) is 0.523. The van der Waals surface area contributed by atoms with Crippen LogP contribution in [0.2, 0.25) is 10.0 Å². The number of ether oxygens (including phenoxy) is 2. The van der Waals surface area contributed by atoms with Crippen molar-refractivity contribution in [2.45, 2.75) is 23.6 Å². The molecule has 0 N–H and O–H groups in total. The summed E-state index contributed by atoms with van der Waals surface area (Å²) >= 11 is 12.0. The fourth-order valence-corrected chi connectivity index (χ4v) is 6.98. The van der Waals surface area contributed by atoms with E-state index in [0.717, 1.165) is 0 Å². The molecule has 3 rings (SSSR count). The highest BCUT2D eigenvalue weighted by molar-refractivity contribution is 7.89. The summed E-state index contributed by atoms with van der Waals surface area (Å²) in [6.07, 6.45) is 0. The first-order valence-corrected chi connectivity index (χ1v) is 13.6. The molecule has 0 saturated carbocycles. The Morgan fingerprint density at radius 2 is 1.06 bits per heavy atom. The molecule has 0 aliphatic carbocycles. The molecule has 0 radical (unpaired) electrons. The molecule has 2 aromatic carbocycles. The third-order valence-corrected chi connectivity index (χ3v) is 9.15. The van der Waals surface area contributed by atoms with Gasteiger partial charge in [0.05, 0.1) is 13.2 Å². The maximum atomic E-state index is 13.2. The molecule has 1 saturated heterocycles. The molecule has 0 atom stereocenters. The van der Waals surface area contributed by atoms with Crippen LogP contribution in [-0.2, 0) is 20.0 Å². The van der Waals surface area contributed by atoms with Gasteiger partial charge in [0.1, 0.15) is 21.3 Å². The van der Waals surface area contributed by atoms with Gasteiger partial charge < -0.3 is 9.47 Å². The van der Waals surface area contributed by atoms with E-state index in [1.807, 2.05) is 0 Å². The highest BCUT2D eigenvalue weighted by atomic mass is 35.5. The van der Waals surface area contributed by atoms with Crippen molar-refractivity contribution in [2.24, 2.45) is 0 Å². The van der Waals surface area contributed by atoms with Crippen LogP contribution in [0.1, 0.15) is 13.8 Å². The minimum absolute atomic E-state index is 0.0236. The van der Waals surface area contributed by atoms with Crippen LogP contribution in [-0.4, -0.2) is 64.8 Å². The molecular weight excluding hydrogens is 499 g/mol. The Balaban J connectivity index is 1.84. The third-order valence-electron chi connectivity index (χ3n) is 4.84. The van der Waals surface area contributed by atoms with Crippen molar-refractivity contribution >= 4 is 43.2 Å². The van der Waals surface area contributed by atoms with Crippen LogP contribution in [0, 0.1) is 0 Å². The van der Waals surface area contributed by atoms with Crippen molar-refractivity contribution in [3.05, 3.63) is 46.4 Å². The van der Waals surface area contributed by atoms with Crippen molar-refractivity contribution in [3.8, 4) is 11.5 Å². The maximum Gasteiger partial charge on any atom is 0.246 e. The first-order valence-electron chi connectivity index (χ1n) is 9.96. The molecule has 32 heavy (non-hydrogen) atoms. The minimum atomic E-state index is -3.94. The van der Waals surface area contributed by atoms with Crippen LogP contribution in [0.15, 0.2) is 46.2 Å². The number of rotatable bonds is 8. The van der Waals surface area contributed by atoms with Crippen molar-refractivity contribution in [2.75, 3.05) is 39.4 Å². The van der Waals surface area contributed by atoms with Gasteiger partial charge in [0, 0.05) is 36.2 Å². The van der Waals surface area contributed by atoms with Gasteiger partial charge in [-0.05, 0) is 50.2 Å². The lowest BCUT2D eigenvalue weighted by molar-refractivity contribution is 0.269. The molecule has 0 unspecified atom stereocenters. The predicted octanol–water partition coefficient (Wildman–Crippen LogP) is 3.49. The molecule has 2 aromatic rings. The summed E-state index contributed by atoms with van der Waals surface area (Å²) in [7, 11) is -7.88. The molecule has 1 aliphatic heterocycles. The highest BCUT2D eigenvalue weighted by Crippen LogP contribution is 2.33. The van der Waals surface area contributed by atoms with E-state index in [-0.39, 0.29) is 70.7 Å². The topological polar surface area (TPSA) is 93.2 Å². The maximum absolute atomic E-state index is 13.2. The Morgan fingerprint density at radius 3 is 1.38 bits per heavy atom. The Bertz CT molecular complexity index is 1090. The van der Waals surface area contributed by atoms with Gasteiger partial charge in [-0.3, -0.25) is 0 Å². The standard InChI is InChI=1S/C20H24Cl2N2O6S2/c1-3-29-17-7-5-15(21)13-19(17)31(25,26)23-9-11-24(12-10-23)32(27,28)20-14-16(22)6-8-18(20)30-4-2/h5-8,13-14H,3-4,9-12H2,1-2H3. The first-order chi connectivity index (χ1) is 15.1. The van der Waals surface area contributed by atoms with Gasteiger partial charge in [-0.15, -0.1) is 0 Å². The van der Waals surface area contributed by atoms with Crippen LogP contribution >= 0.6 is 23.2 Å². The summed E-state index contributed by atoms with van der Waals surface area (Å²) < 4.78 is 66.3. The molecule has 0 aromatic heterocycles. The highest BCUT2D eigenvalue weighted by Gasteiger charge is 2.36.